The van der Waals surface area contributed by atoms with Gasteiger partial charge in [-0.3, -0.25) is 0 Å². The van der Waals surface area contributed by atoms with E-state index in [0.29, 0.717) is 0 Å². The molecule has 3 heteroatoms. The standard InChI is InChI=1S/C14H19N3/c1-5-14(3,4)17-13-11-8-10(2)6-7-12(11)15-9-16-13/h6-9H,5H2,1-4H3,(H,15,16,17). The van der Waals surface area contributed by atoms with E-state index in [1.165, 1.54) is 5.56 Å². The van der Waals surface area contributed by atoms with Gasteiger partial charge in [-0.15, -0.1) is 0 Å². The van der Waals surface area contributed by atoms with Crippen LogP contribution < -0.4 is 5.32 Å². The molecule has 1 aromatic carbocycles. The SMILES string of the molecule is CCC(C)(C)Nc1ncnc2ccc(C)cc12. The smallest absolute Gasteiger partial charge is 0.137 e. The second-order valence-corrected chi connectivity index (χ2v) is 5.11. The van der Waals surface area contributed by atoms with Gasteiger partial charge in [0.2, 0.25) is 0 Å². The Morgan fingerprint density at radius 3 is 2.71 bits per heavy atom. The molecule has 0 spiro atoms. The summed E-state index contributed by atoms with van der Waals surface area (Å²) >= 11 is 0. The average molecular weight is 229 g/mol. The fraction of sp³-hybridized carbons (Fsp3) is 0.429. The molecule has 0 aliphatic rings. The van der Waals surface area contributed by atoms with Gasteiger partial charge in [0, 0.05) is 10.9 Å². The van der Waals surface area contributed by atoms with Crippen LogP contribution in [-0.4, -0.2) is 15.5 Å². The minimum Gasteiger partial charge on any atom is -0.365 e. The minimum absolute atomic E-state index is 0.0467. The molecule has 2 rings (SSSR count). The Morgan fingerprint density at radius 2 is 2.00 bits per heavy atom. The Hall–Kier alpha value is -1.64. The molecule has 0 aliphatic heterocycles. The molecule has 0 amide bonds. The Labute approximate surface area is 102 Å². The van der Waals surface area contributed by atoms with Crippen LogP contribution in [0, 0.1) is 6.92 Å². The summed E-state index contributed by atoms with van der Waals surface area (Å²) in [6, 6.07) is 6.24. The van der Waals surface area contributed by atoms with Gasteiger partial charge in [0.05, 0.1) is 5.52 Å². The molecule has 3 nitrogen and oxygen atoms in total. The van der Waals surface area contributed by atoms with E-state index in [1.54, 1.807) is 6.33 Å². The van der Waals surface area contributed by atoms with Crippen molar-refractivity contribution in [1.82, 2.24) is 9.97 Å². The van der Waals surface area contributed by atoms with E-state index < -0.39 is 0 Å². The highest BCUT2D eigenvalue weighted by Crippen LogP contribution is 2.24. The average Bonchev–Trinajstić information content (AvgIpc) is 2.30. The van der Waals surface area contributed by atoms with Crippen molar-refractivity contribution in [3.63, 3.8) is 0 Å². The summed E-state index contributed by atoms with van der Waals surface area (Å²) in [7, 11) is 0. The molecule has 0 saturated carbocycles. The molecular formula is C14H19N3. The third-order valence-corrected chi connectivity index (χ3v) is 3.13. The summed E-state index contributed by atoms with van der Waals surface area (Å²) in [6.45, 7) is 8.61. The maximum absolute atomic E-state index is 4.36. The maximum atomic E-state index is 4.36. The fourth-order valence-corrected chi connectivity index (χ4v) is 1.68. The third-order valence-electron chi connectivity index (χ3n) is 3.13. The molecular weight excluding hydrogens is 210 g/mol. The summed E-state index contributed by atoms with van der Waals surface area (Å²) < 4.78 is 0. The molecule has 17 heavy (non-hydrogen) atoms. The molecule has 0 atom stereocenters. The van der Waals surface area contributed by atoms with Gasteiger partial charge in [-0.2, -0.15) is 0 Å². The van der Waals surface area contributed by atoms with Crippen LogP contribution in [0.1, 0.15) is 32.8 Å². The Bertz CT molecular complexity index is 532. The quantitative estimate of drug-likeness (QED) is 0.874. The lowest BCUT2D eigenvalue weighted by Crippen LogP contribution is -2.30. The van der Waals surface area contributed by atoms with Gasteiger partial charge in [0.15, 0.2) is 0 Å². The van der Waals surface area contributed by atoms with E-state index in [-0.39, 0.29) is 5.54 Å². The Morgan fingerprint density at radius 1 is 1.24 bits per heavy atom. The summed E-state index contributed by atoms with van der Waals surface area (Å²) in [5.41, 5.74) is 2.26. The number of nitrogens with zero attached hydrogens (tertiary/aromatic N) is 2. The van der Waals surface area contributed by atoms with Crippen LogP contribution >= 0.6 is 0 Å². The number of aromatic nitrogens is 2. The number of nitrogens with one attached hydrogen (secondary N) is 1. The molecule has 0 bridgehead atoms. The lowest BCUT2D eigenvalue weighted by molar-refractivity contribution is 0.545. The van der Waals surface area contributed by atoms with Crippen LogP contribution in [0.5, 0.6) is 0 Å². The first kappa shape index (κ1) is 11.8. The van der Waals surface area contributed by atoms with E-state index in [4.69, 9.17) is 0 Å². The second kappa shape index (κ2) is 4.32. The van der Waals surface area contributed by atoms with Crippen LogP contribution in [0.3, 0.4) is 0 Å². The number of anilines is 1. The van der Waals surface area contributed by atoms with E-state index in [1.807, 2.05) is 6.07 Å². The molecule has 0 saturated heterocycles. The predicted molar refractivity (Wildman–Crippen MR) is 72.3 cm³/mol. The largest absolute Gasteiger partial charge is 0.365 e. The van der Waals surface area contributed by atoms with E-state index in [0.717, 1.165) is 23.1 Å². The van der Waals surface area contributed by atoms with Crippen LogP contribution in [0.4, 0.5) is 5.82 Å². The number of benzene rings is 1. The van der Waals surface area contributed by atoms with Crippen LogP contribution in [0.2, 0.25) is 0 Å². The summed E-state index contributed by atoms with van der Waals surface area (Å²) in [5, 5.41) is 4.58. The van der Waals surface area contributed by atoms with E-state index >= 15 is 0 Å². The van der Waals surface area contributed by atoms with E-state index in [9.17, 15) is 0 Å². The number of aryl methyl sites for hydroxylation is 1. The zero-order chi connectivity index (χ0) is 12.5. The molecule has 0 fully saturated rings. The van der Waals surface area contributed by atoms with E-state index in [2.05, 4.69) is 55.1 Å². The lowest BCUT2D eigenvalue weighted by atomic mass is 10.0. The zero-order valence-corrected chi connectivity index (χ0v) is 10.9. The molecule has 1 aromatic heterocycles. The van der Waals surface area contributed by atoms with Crippen LogP contribution in [0.25, 0.3) is 10.9 Å². The first-order valence-corrected chi connectivity index (χ1v) is 6.01. The van der Waals surface area contributed by atoms with Gasteiger partial charge < -0.3 is 5.32 Å². The molecule has 2 aromatic rings. The highest BCUT2D eigenvalue weighted by Gasteiger charge is 2.16. The van der Waals surface area contributed by atoms with Gasteiger partial charge in [-0.25, -0.2) is 9.97 Å². The van der Waals surface area contributed by atoms with Crippen LogP contribution in [-0.2, 0) is 0 Å². The highest BCUT2D eigenvalue weighted by molar-refractivity contribution is 5.89. The van der Waals surface area contributed by atoms with Gasteiger partial charge in [-0.1, -0.05) is 18.6 Å². The highest BCUT2D eigenvalue weighted by atomic mass is 15.1. The monoisotopic (exact) mass is 229 g/mol. The summed E-state index contributed by atoms with van der Waals surface area (Å²) in [6.07, 6.45) is 2.66. The number of rotatable bonds is 3. The van der Waals surface area contributed by atoms with Crippen LogP contribution in [0.15, 0.2) is 24.5 Å². The molecule has 1 N–H and O–H groups in total. The lowest BCUT2D eigenvalue weighted by Gasteiger charge is -2.25. The van der Waals surface area contributed by atoms with Gasteiger partial charge in [-0.05, 0) is 39.3 Å². The van der Waals surface area contributed by atoms with Gasteiger partial charge in [0.25, 0.3) is 0 Å². The van der Waals surface area contributed by atoms with Gasteiger partial charge >= 0.3 is 0 Å². The normalized spacial score (nSPS) is 11.8. The van der Waals surface area contributed by atoms with Crippen molar-refractivity contribution < 1.29 is 0 Å². The topological polar surface area (TPSA) is 37.8 Å². The molecule has 0 radical (unpaired) electrons. The fourth-order valence-electron chi connectivity index (χ4n) is 1.68. The van der Waals surface area contributed by atoms with Crippen molar-refractivity contribution in [1.29, 1.82) is 0 Å². The first-order chi connectivity index (χ1) is 8.02. The molecule has 1 heterocycles. The Balaban J connectivity index is 2.50. The molecule has 0 aliphatic carbocycles. The minimum atomic E-state index is 0.0467. The Kier molecular flexibility index (Phi) is 3.01. The second-order valence-electron chi connectivity index (χ2n) is 5.11. The summed E-state index contributed by atoms with van der Waals surface area (Å²) in [5.74, 6) is 0.922. The zero-order valence-electron chi connectivity index (χ0n) is 10.9. The van der Waals surface area contributed by atoms with Crippen molar-refractivity contribution in [3.8, 4) is 0 Å². The predicted octanol–water partition coefficient (Wildman–Crippen LogP) is 3.54. The number of hydrogen-bond acceptors (Lipinski definition) is 3. The van der Waals surface area contributed by atoms with Crippen molar-refractivity contribution in [2.24, 2.45) is 0 Å². The van der Waals surface area contributed by atoms with Gasteiger partial charge in [0.1, 0.15) is 12.1 Å². The van der Waals surface area contributed by atoms with Crippen molar-refractivity contribution in [3.05, 3.63) is 30.1 Å². The van der Waals surface area contributed by atoms with Crippen molar-refractivity contribution >= 4 is 16.7 Å². The molecule has 90 valence electrons. The first-order valence-electron chi connectivity index (χ1n) is 6.01. The third kappa shape index (κ3) is 2.54. The number of fused-ring (bicyclic) bond motifs is 1. The van der Waals surface area contributed by atoms with Crippen molar-refractivity contribution in [2.45, 2.75) is 39.7 Å². The number of hydrogen-bond donors (Lipinski definition) is 1. The molecule has 0 unspecified atom stereocenters. The van der Waals surface area contributed by atoms with Crippen molar-refractivity contribution in [2.75, 3.05) is 5.32 Å². The maximum Gasteiger partial charge on any atom is 0.137 e. The summed E-state index contributed by atoms with van der Waals surface area (Å²) in [4.78, 5) is 8.65.